The molecule has 1 saturated heterocycles. The summed E-state index contributed by atoms with van der Waals surface area (Å²) in [6.45, 7) is 9.93. The fraction of sp³-hybridized carbons (Fsp3) is 0.625. The fourth-order valence-electron chi connectivity index (χ4n) is 2.99. The van der Waals surface area contributed by atoms with Crippen LogP contribution in [-0.2, 0) is 0 Å². The fourth-order valence-corrected chi connectivity index (χ4v) is 2.99. The lowest BCUT2D eigenvalue weighted by Gasteiger charge is -2.40. The topological polar surface area (TPSA) is 18.5 Å². The highest BCUT2D eigenvalue weighted by Crippen LogP contribution is 2.23. The van der Waals surface area contributed by atoms with E-state index in [1.807, 2.05) is 0 Å². The van der Waals surface area contributed by atoms with E-state index >= 15 is 0 Å². The van der Waals surface area contributed by atoms with Crippen LogP contribution in [0.25, 0.3) is 0 Å². The molecule has 0 saturated carbocycles. The summed E-state index contributed by atoms with van der Waals surface area (Å²) in [6, 6.07) is 7.83. The Hall–Kier alpha value is -1.06. The van der Waals surface area contributed by atoms with Crippen molar-refractivity contribution in [2.45, 2.75) is 32.9 Å². The van der Waals surface area contributed by atoms with E-state index in [2.05, 4.69) is 68.2 Å². The molecule has 0 spiro atoms. The molecule has 0 radical (unpaired) electrons. The standard InChI is InChI=1S/C16H27N3/c1-12-6-7-13(2)16(8-12)19-9-14(3)17-15(11-19)10-18(4)5/h6-8,14-15,17H,9-11H2,1-5H3. The Morgan fingerprint density at radius 2 is 2.00 bits per heavy atom. The number of anilines is 1. The molecule has 1 aromatic rings. The molecule has 106 valence electrons. The predicted molar refractivity (Wildman–Crippen MR) is 83.1 cm³/mol. The van der Waals surface area contributed by atoms with Crippen molar-refractivity contribution in [3.05, 3.63) is 29.3 Å². The summed E-state index contributed by atoms with van der Waals surface area (Å²) in [5.74, 6) is 0. The number of nitrogens with zero attached hydrogens (tertiary/aromatic N) is 2. The zero-order chi connectivity index (χ0) is 14.0. The van der Waals surface area contributed by atoms with E-state index in [9.17, 15) is 0 Å². The van der Waals surface area contributed by atoms with E-state index in [1.165, 1.54) is 16.8 Å². The van der Waals surface area contributed by atoms with Gasteiger partial charge in [-0.05, 0) is 52.1 Å². The van der Waals surface area contributed by atoms with Crippen LogP contribution in [0, 0.1) is 13.8 Å². The van der Waals surface area contributed by atoms with Crippen molar-refractivity contribution < 1.29 is 0 Å². The monoisotopic (exact) mass is 261 g/mol. The Morgan fingerprint density at radius 1 is 1.26 bits per heavy atom. The molecule has 1 heterocycles. The molecule has 0 aliphatic carbocycles. The van der Waals surface area contributed by atoms with E-state index in [-0.39, 0.29) is 0 Å². The molecule has 1 N–H and O–H groups in total. The van der Waals surface area contributed by atoms with Gasteiger partial charge >= 0.3 is 0 Å². The Balaban J connectivity index is 2.16. The van der Waals surface area contributed by atoms with Crippen molar-refractivity contribution in [1.82, 2.24) is 10.2 Å². The summed E-state index contributed by atoms with van der Waals surface area (Å²) in [5, 5.41) is 3.70. The number of benzene rings is 1. The minimum absolute atomic E-state index is 0.540. The number of hydrogen-bond donors (Lipinski definition) is 1. The van der Waals surface area contributed by atoms with Gasteiger partial charge in [-0.25, -0.2) is 0 Å². The highest BCUT2D eigenvalue weighted by Gasteiger charge is 2.25. The molecular weight excluding hydrogens is 234 g/mol. The molecule has 2 atom stereocenters. The van der Waals surface area contributed by atoms with E-state index in [4.69, 9.17) is 0 Å². The number of likely N-dealkylation sites (N-methyl/N-ethyl adjacent to an activating group) is 1. The van der Waals surface area contributed by atoms with Crippen molar-refractivity contribution in [3.8, 4) is 0 Å². The Labute approximate surface area is 117 Å². The second kappa shape index (κ2) is 5.93. The summed E-state index contributed by atoms with van der Waals surface area (Å²) in [7, 11) is 4.28. The first-order valence-electron chi connectivity index (χ1n) is 7.18. The average molecular weight is 261 g/mol. The van der Waals surface area contributed by atoms with Gasteiger partial charge in [-0.2, -0.15) is 0 Å². The van der Waals surface area contributed by atoms with Gasteiger partial charge in [0.15, 0.2) is 0 Å². The lowest BCUT2D eigenvalue weighted by atomic mass is 10.1. The normalized spacial score (nSPS) is 24.0. The minimum atomic E-state index is 0.540. The summed E-state index contributed by atoms with van der Waals surface area (Å²) in [5.41, 5.74) is 4.12. The Bertz CT molecular complexity index is 426. The van der Waals surface area contributed by atoms with Crippen LogP contribution in [0.4, 0.5) is 5.69 Å². The summed E-state index contributed by atoms with van der Waals surface area (Å²) < 4.78 is 0. The van der Waals surface area contributed by atoms with Crippen LogP contribution in [0.2, 0.25) is 0 Å². The molecule has 19 heavy (non-hydrogen) atoms. The van der Waals surface area contributed by atoms with Crippen LogP contribution in [0.15, 0.2) is 18.2 Å². The lowest BCUT2D eigenvalue weighted by Crippen LogP contribution is -2.58. The summed E-state index contributed by atoms with van der Waals surface area (Å²) in [4.78, 5) is 4.80. The highest BCUT2D eigenvalue weighted by molar-refractivity contribution is 5.55. The van der Waals surface area contributed by atoms with E-state index < -0.39 is 0 Å². The van der Waals surface area contributed by atoms with E-state index in [1.54, 1.807) is 0 Å². The molecule has 1 aliphatic heterocycles. The van der Waals surface area contributed by atoms with Crippen LogP contribution < -0.4 is 10.2 Å². The first kappa shape index (κ1) is 14.4. The van der Waals surface area contributed by atoms with Gasteiger partial charge in [0.25, 0.3) is 0 Å². The van der Waals surface area contributed by atoms with Gasteiger partial charge in [0.05, 0.1) is 0 Å². The SMILES string of the molecule is Cc1ccc(C)c(N2CC(C)NC(CN(C)C)C2)c1. The highest BCUT2D eigenvalue weighted by atomic mass is 15.2. The van der Waals surface area contributed by atoms with Gasteiger partial charge in [-0.3, -0.25) is 0 Å². The molecule has 0 amide bonds. The van der Waals surface area contributed by atoms with Crippen LogP contribution in [0.3, 0.4) is 0 Å². The zero-order valence-corrected chi connectivity index (χ0v) is 12.9. The van der Waals surface area contributed by atoms with E-state index in [0.29, 0.717) is 12.1 Å². The van der Waals surface area contributed by atoms with E-state index in [0.717, 1.165) is 19.6 Å². The average Bonchev–Trinajstić information content (AvgIpc) is 2.30. The van der Waals surface area contributed by atoms with Crippen molar-refractivity contribution in [1.29, 1.82) is 0 Å². The maximum Gasteiger partial charge on any atom is 0.0399 e. The number of nitrogens with one attached hydrogen (secondary N) is 1. The molecule has 0 bridgehead atoms. The van der Waals surface area contributed by atoms with Crippen molar-refractivity contribution >= 4 is 5.69 Å². The van der Waals surface area contributed by atoms with Gasteiger partial charge in [0.2, 0.25) is 0 Å². The summed E-state index contributed by atoms with van der Waals surface area (Å²) in [6.07, 6.45) is 0. The zero-order valence-electron chi connectivity index (χ0n) is 12.9. The van der Waals surface area contributed by atoms with Gasteiger partial charge in [-0.15, -0.1) is 0 Å². The maximum absolute atomic E-state index is 3.70. The Kier molecular flexibility index (Phi) is 4.48. The maximum atomic E-state index is 3.70. The number of piperazine rings is 1. The van der Waals surface area contributed by atoms with Gasteiger partial charge in [-0.1, -0.05) is 12.1 Å². The molecular formula is C16H27N3. The lowest BCUT2D eigenvalue weighted by molar-refractivity contribution is 0.297. The molecule has 1 aliphatic rings. The van der Waals surface area contributed by atoms with Gasteiger partial charge < -0.3 is 15.1 Å². The van der Waals surface area contributed by atoms with Gasteiger partial charge in [0, 0.05) is 37.4 Å². The summed E-state index contributed by atoms with van der Waals surface area (Å²) >= 11 is 0. The quantitative estimate of drug-likeness (QED) is 0.898. The third-order valence-corrected chi connectivity index (χ3v) is 3.75. The minimum Gasteiger partial charge on any atom is -0.368 e. The van der Waals surface area contributed by atoms with Crippen molar-refractivity contribution in [2.75, 3.05) is 38.6 Å². The van der Waals surface area contributed by atoms with Crippen LogP contribution in [0.1, 0.15) is 18.1 Å². The van der Waals surface area contributed by atoms with Gasteiger partial charge in [0.1, 0.15) is 0 Å². The first-order valence-corrected chi connectivity index (χ1v) is 7.18. The largest absolute Gasteiger partial charge is 0.368 e. The Morgan fingerprint density at radius 3 is 2.68 bits per heavy atom. The van der Waals surface area contributed by atoms with Crippen LogP contribution in [-0.4, -0.2) is 50.7 Å². The predicted octanol–water partition coefficient (Wildman–Crippen LogP) is 2.03. The van der Waals surface area contributed by atoms with Crippen molar-refractivity contribution in [2.24, 2.45) is 0 Å². The van der Waals surface area contributed by atoms with Crippen LogP contribution in [0.5, 0.6) is 0 Å². The number of hydrogen-bond acceptors (Lipinski definition) is 3. The molecule has 0 aromatic heterocycles. The van der Waals surface area contributed by atoms with Crippen LogP contribution >= 0.6 is 0 Å². The molecule has 1 fully saturated rings. The molecule has 2 unspecified atom stereocenters. The third kappa shape index (κ3) is 3.71. The first-order chi connectivity index (χ1) is 8.95. The third-order valence-electron chi connectivity index (χ3n) is 3.75. The second-order valence-corrected chi connectivity index (χ2v) is 6.22. The smallest absolute Gasteiger partial charge is 0.0399 e. The second-order valence-electron chi connectivity index (χ2n) is 6.22. The number of rotatable bonds is 3. The van der Waals surface area contributed by atoms with Crippen molar-refractivity contribution in [3.63, 3.8) is 0 Å². The number of aryl methyl sites for hydroxylation is 2. The molecule has 3 nitrogen and oxygen atoms in total. The molecule has 1 aromatic carbocycles. The molecule has 2 rings (SSSR count). The molecule has 3 heteroatoms.